The Balaban J connectivity index is 1.63. The van der Waals surface area contributed by atoms with Crippen LogP contribution in [0.25, 0.3) is 0 Å². The third-order valence-electron chi connectivity index (χ3n) is 4.99. The Kier molecular flexibility index (Phi) is 5.23. The van der Waals surface area contributed by atoms with E-state index in [0.717, 1.165) is 18.5 Å². The molecule has 2 fully saturated rings. The molecule has 3 rings (SSSR count). The molecule has 1 aromatic rings. The average Bonchev–Trinajstić information content (AvgIpc) is 3.32. The van der Waals surface area contributed by atoms with E-state index in [2.05, 4.69) is 51.3 Å². The molecule has 1 aliphatic heterocycles. The standard InChI is InChI=1S/C18H27BrN2/c1-2-14-4-3-10-21(11-9-14)17-8-5-15(18(19)12-17)13-20-16-6-7-16/h5,8,12,14,16,20H,2-4,6-7,9-11,13H2,1H3. The molecule has 1 unspecified atom stereocenters. The second-order valence-corrected chi connectivity index (χ2v) is 7.48. The fourth-order valence-electron chi connectivity index (χ4n) is 3.25. The van der Waals surface area contributed by atoms with Gasteiger partial charge in [-0.2, -0.15) is 0 Å². The van der Waals surface area contributed by atoms with Crippen LogP contribution in [0.3, 0.4) is 0 Å². The number of hydrogen-bond donors (Lipinski definition) is 1. The molecule has 1 atom stereocenters. The molecule has 3 heteroatoms. The molecule has 1 aromatic carbocycles. The maximum absolute atomic E-state index is 3.76. The van der Waals surface area contributed by atoms with Crippen LogP contribution in [0.2, 0.25) is 0 Å². The molecule has 1 N–H and O–H groups in total. The molecule has 1 aliphatic carbocycles. The van der Waals surface area contributed by atoms with E-state index in [1.54, 1.807) is 0 Å². The summed E-state index contributed by atoms with van der Waals surface area (Å²) in [5.41, 5.74) is 2.76. The molecule has 0 bridgehead atoms. The van der Waals surface area contributed by atoms with E-state index in [1.807, 2.05) is 0 Å². The van der Waals surface area contributed by atoms with Crippen LogP contribution in [0, 0.1) is 5.92 Å². The molecular formula is C18H27BrN2. The highest BCUT2D eigenvalue weighted by molar-refractivity contribution is 9.10. The van der Waals surface area contributed by atoms with Crippen LogP contribution >= 0.6 is 15.9 Å². The van der Waals surface area contributed by atoms with Crippen LogP contribution in [0.15, 0.2) is 22.7 Å². The van der Waals surface area contributed by atoms with Crippen molar-refractivity contribution in [3.8, 4) is 0 Å². The number of hydrogen-bond acceptors (Lipinski definition) is 2. The molecule has 1 heterocycles. The summed E-state index contributed by atoms with van der Waals surface area (Å²) in [7, 11) is 0. The molecular weight excluding hydrogens is 324 g/mol. The Morgan fingerprint density at radius 1 is 1.19 bits per heavy atom. The highest BCUT2D eigenvalue weighted by atomic mass is 79.9. The number of nitrogens with zero attached hydrogens (tertiary/aromatic N) is 1. The van der Waals surface area contributed by atoms with Crippen molar-refractivity contribution in [3.63, 3.8) is 0 Å². The first-order chi connectivity index (χ1) is 10.3. The summed E-state index contributed by atoms with van der Waals surface area (Å²) in [6, 6.07) is 7.68. The molecule has 116 valence electrons. The summed E-state index contributed by atoms with van der Waals surface area (Å²) in [6.07, 6.45) is 8.12. The van der Waals surface area contributed by atoms with Crippen molar-refractivity contribution < 1.29 is 0 Å². The number of benzene rings is 1. The summed E-state index contributed by atoms with van der Waals surface area (Å²) < 4.78 is 1.25. The monoisotopic (exact) mass is 350 g/mol. The highest BCUT2D eigenvalue weighted by Crippen LogP contribution is 2.29. The van der Waals surface area contributed by atoms with Crippen molar-refractivity contribution in [2.24, 2.45) is 5.92 Å². The minimum atomic E-state index is 0.771. The van der Waals surface area contributed by atoms with Gasteiger partial charge >= 0.3 is 0 Å². The van der Waals surface area contributed by atoms with E-state index >= 15 is 0 Å². The summed E-state index contributed by atoms with van der Waals surface area (Å²) in [4.78, 5) is 2.57. The van der Waals surface area contributed by atoms with Crippen LogP contribution < -0.4 is 10.2 Å². The summed E-state index contributed by atoms with van der Waals surface area (Å²) in [6.45, 7) is 5.75. The highest BCUT2D eigenvalue weighted by Gasteiger charge is 2.21. The van der Waals surface area contributed by atoms with Crippen LogP contribution in [0.4, 0.5) is 5.69 Å². The first-order valence-electron chi connectivity index (χ1n) is 8.53. The van der Waals surface area contributed by atoms with Gasteiger partial charge in [0.1, 0.15) is 0 Å². The zero-order valence-electron chi connectivity index (χ0n) is 13.1. The minimum Gasteiger partial charge on any atom is -0.371 e. The molecule has 2 aliphatic rings. The third-order valence-corrected chi connectivity index (χ3v) is 5.72. The van der Waals surface area contributed by atoms with Crippen molar-refractivity contribution in [2.75, 3.05) is 18.0 Å². The molecule has 2 nitrogen and oxygen atoms in total. The lowest BCUT2D eigenvalue weighted by molar-refractivity contribution is 0.459. The fourth-order valence-corrected chi connectivity index (χ4v) is 3.76. The van der Waals surface area contributed by atoms with Crippen LogP contribution in [0.1, 0.15) is 51.0 Å². The molecule has 0 spiro atoms. The second kappa shape index (κ2) is 7.15. The van der Waals surface area contributed by atoms with Gasteiger partial charge in [-0.05, 0) is 55.7 Å². The van der Waals surface area contributed by atoms with Crippen LogP contribution in [0.5, 0.6) is 0 Å². The Morgan fingerprint density at radius 2 is 2.05 bits per heavy atom. The van der Waals surface area contributed by atoms with Gasteiger partial charge in [0.15, 0.2) is 0 Å². The van der Waals surface area contributed by atoms with Gasteiger partial charge in [-0.1, -0.05) is 35.3 Å². The third kappa shape index (κ3) is 4.23. The Labute approximate surface area is 137 Å². The van der Waals surface area contributed by atoms with E-state index in [4.69, 9.17) is 0 Å². The largest absolute Gasteiger partial charge is 0.371 e. The summed E-state index contributed by atoms with van der Waals surface area (Å²) in [5.74, 6) is 0.931. The lowest BCUT2D eigenvalue weighted by Gasteiger charge is -2.24. The predicted octanol–water partition coefficient (Wildman–Crippen LogP) is 4.72. The maximum Gasteiger partial charge on any atom is 0.0377 e. The lowest BCUT2D eigenvalue weighted by Crippen LogP contribution is -2.24. The summed E-state index contributed by atoms with van der Waals surface area (Å²) in [5, 5.41) is 3.59. The van der Waals surface area contributed by atoms with Gasteiger partial charge < -0.3 is 10.2 Å². The molecule has 21 heavy (non-hydrogen) atoms. The van der Waals surface area contributed by atoms with Gasteiger partial charge in [0.25, 0.3) is 0 Å². The fraction of sp³-hybridized carbons (Fsp3) is 0.667. The van der Waals surface area contributed by atoms with Crippen molar-refractivity contribution in [2.45, 2.75) is 58.0 Å². The Hall–Kier alpha value is -0.540. The lowest BCUT2D eigenvalue weighted by atomic mass is 9.98. The van der Waals surface area contributed by atoms with E-state index in [-0.39, 0.29) is 0 Å². The average molecular weight is 351 g/mol. The van der Waals surface area contributed by atoms with Gasteiger partial charge in [-0.25, -0.2) is 0 Å². The molecule has 1 saturated heterocycles. The van der Waals surface area contributed by atoms with Gasteiger partial charge in [0.05, 0.1) is 0 Å². The van der Waals surface area contributed by atoms with E-state index in [9.17, 15) is 0 Å². The van der Waals surface area contributed by atoms with Crippen LogP contribution in [-0.4, -0.2) is 19.1 Å². The summed E-state index contributed by atoms with van der Waals surface area (Å²) >= 11 is 3.76. The van der Waals surface area contributed by atoms with E-state index in [0.29, 0.717) is 0 Å². The quantitative estimate of drug-likeness (QED) is 0.826. The second-order valence-electron chi connectivity index (χ2n) is 6.62. The van der Waals surface area contributed by atoms with Crippen molar-refractivity contribution >= 4 is 21.6 Å². The molecule has 1 saturated carbocycles. The molecule has 0 amide bonds. The number of anilines is 1. The molecule has 0 aromatic heterocycles. The van der Waals surface area contributed by atoms with Gasteiger partial charge in [0.2, 0.25) is 0 Å². The Bertz CT molecular complexity index is 470. The van der Waals surface area contributed by atoms with Gasteiger partial charge in [0, 0.05) is 35.8 Å². The predicted molar refractivity (Wildman–Crippen MR) is 93.8 cm³/mol. The van der Waals surface area contributed by atoms with Crippen molar-refractivity contribution in [1.82, 2.24) is 5.32 Å². The van der Waals surface area contributed by atoms with E-state index in [1.165, 1.54) is 67.3 Å². The zero-order valence-corrected chi connectivity index (χ0v) is 14.7. The number of nitrogens with one attached hydrogen (secondary N) is 1. The minimum absolute atomic E-state index is 0.771. The normalized spacial score (nSPS) is 23.1. The SMILES string of the molecule is CCC1CCCN(c2ccc(CNC3CC3)c(Br)c2)CC1. The van der Waals surface area contributed by atoms with E-state index < -0.39 is 0 Å². The zero-order chi connectivity index (χ0) is 14.7. The van der Waals surface area contributed by atoms with Gasteiger partial charge in [-0.3, -0.25) is 0 Å². The molecule has 0 radical (unpaired) electrons. The topological polar surface area (TPSA) is 15.3 Å². The van der Waals surface area contributed by atoms with Gasteiger partial charge in [-0.15, -0.1) is 0 Å². The smallest absolute Gasteiger partial charge is 0.0377 e. The Morgan fingerprint density at radius 3 is 2.76 bits per heavy atom. The number of halogens is 1. The first kappa shape index (κ1) is 15.4. The van der Waals surface area contributed by atoms with Crippen LogP contribution in [-0.2, 0) is 6.54 Å². The number of rotatable bonds is 5. The maximum atomic E-state index is 3.76. The van der Waals surface area contributed by atoms with Crippen molar-refractivity contribution in [3.05, 3.63) is 28.2 Å². The van der Waals surface area contributed by atoms with Crippen molar-refractivity contribution in [1.29, 1.82) is 0 Å². The first-order valence-corrected chi connectivity index (χ1v) is 9.32.